The fourth-order valence-electron chi connectivity index (χ4n) is 1.65. The normalized spacial score (nSPS) is 12.6. The Bertz CT molecular complexity index is 397. The first-order valence-corrected chi connectivity index (χ1v) is 6.45. The first kappa shape index (κ1) is 11.3. The zero-order chi connectivity index (χ0) is 11.2. The molecule has 0 aliphatic rings. The van der Waals surface area contributed by atoms with Crippen molar-refractivity contribution in [2.24, 2.45) is 0 Å². The SMILES string of the molecule is CCC(NCc1ccccc1)c1nccs1. The number of thiazole rings is 1. The van der Waals surface area contributed by atoms with E-state index in [-0.39, 0.29) is 0 Å². The summed E-state index contributed by atoms with van der Waals surface area (Å²) in [6, 6.07) is 10.8. The average Bonchev–Trinajstić information content (AvgIpc) is 2.85. The highest BCUT2D eigenvalue weighted by molar-refractivity contribution is 7.09. The van der Waals surface area contributed by atoms with E-state index in [0.29, 0.717) is 6.04 Å². The molecule has 1 aromatic heterocycles. The zero-order valence-corrected chi connectivity index (χ0v) is 10.2. The summed E-state index contributed by atoms with van der Waals surface area (Å²) in [5.41, 5.74) is 1.32. The summed E-state index contributed by atoms with van der Waals surface area (Å²) in [5.74, 6) is 0. The highest BCUT2D eigenvalue weighted by Gasteiger charge is 2.10. The van der Waals surface area contributed by atoms with Gasteiger partial charge in [0.25, 0.3) is 0 Å². The summed E-state index contributed by atoms with van der Waals surface area (Å²) in [6.45, 7) is 3.09. The van der Waals surface area contributed by atoms with Crippen LogP contribution in [0.4, 0.5) is 0 Å². The van der Waals surface area contributed by atoms with Crippen LogP contribution in [0.25, 0.3) is 0 Å². The van der Waals surface area contributed by atoms with E-state index in [1.54, 1.807) is 11.3 Å². The first-order valence-electron chi connectivity index (χ1n) is 5.57. The van der Waals surface area contributed by atoms with Crippen LogP contribution in [0.5, 0.6) is 0 Å². The molecule has 0 fully saturated rings. The Morgan fingerprint density at radius 3 is 2.75 bits per heavy atom. The molecule has 2 nitrogen and oxygen atoms in total. The number of nitrogens with one attached hydrogen (secondary N) is 1. The van der Waals surface area contributed by atoms with Gasteiger partial charge in [-0.2, -0.15) is 0 Å². The number of rotatable bonds is 5. The molecule has 2 aromatic rings. The minimum atomic E-state index is 0.375. The number of aromatic nitrogens is 1. The van der Waals surface area contributed by atoms with Gasteiger partial charge in [-0.05, 0) is 12.0 Å². The van der Waals surface area contributed by atoms with Gasteiger partial charge in [0.05, 0.1) is 6.04 Å². The lowest BCUT2D eigenvalue weighted by Crippen LogP contribution is -2.19. The molecular formula is C13H16N2S. The molecule has 0 amide bonds. The van der Waals surface area contributed by atoms with Crippen LogP contribution in [0.3, 0.4) is 0 Å². The number of benzene rings is 1. The van der Waals surface area contributed by atoms with Crippen LogP contribution in [0, 0.1) is 0 Å². The van der Waals surface area contributed by atoms with Crippen molar-refractivity contribution in [3.63, 3.8) is 0 Å². The van der Waals surface area contributed by atoms with Crippen LogP contribution in [0.2, 0.25) is 0 Å². The van der Waals surface area contributed by atoms with Crippen LogP contribution < -0.4 is 5.32 Å². The van der Waals surface area contributed by atoms with Crippen molar-refractivity contribution < 1.29 is 0 Å². The molecule has 0 spiro atoms. The Kier molecular flexibility index (Phi) is 4.08. The topological polar surface area (TPSA) is 24.9 Å². The van der Waals surface area contributed by atoms with Gasteiger partial charge in [0.2, 0.25) is 0 Å². The van der Waals surface area contributed by atoms with Gasteiger partial charge in [-0.3, -0.25) is 0 Å². The Morgan fingerprint density at radius 1 is 1.31 bits per heavy atom. The average molecular weight is 232 g/mol. The second kappa shape index (κ2) is 5.77. The van der Waals surface area contributed by atoms with Crippen molar-refractivity contribution in [1.29, 1.82) is 0 Å². The molecule has 84 valence electrons. The zero-order valence-electron chi connectivity index (χ0n) is 9.39. The third-order valence-corrected chi connectivity index (χ3v) is 3.44. The molecule has 0 aliphatic heterocycles. The maximum atomic E-state index is 4.36. The quantitative estimate of drug-likeness (QED) is 0.854. The monoisotopic (exact) mass is 232 g/mol. The van der Waals surface area contributed by atoms with E-state index < -0.39 is 0 Å². The molecule has 0 bridgehead atoms. The van der Waals surface area contributed by atoms with Crippen LogP contribution >= 0.6 is 11.3 Å². The van der Waals surface area contributed by atoms with E-state index in [1.165, 1.54) is 10.6 Å². The van der Waals surface area contributed by atoms with Gasteiger partial charge in [0, 0.05) is 18.1 Å². The smallest absolute Gasteiger partial charge is 0.109 e. The van der Waals surface area contributed by atoms with E-state index in [2.05, 4.69) is 41.5 Å². The molecule has 1 atom stereocenters. The minimum Gasteiger partial charge on any atom is -0.304 e. The summed E-state index contributed by atoms with van der Waals surface area (Å²) in [6.07, 6.45) is 2.94. The highest BCUT2D eigenvalue weighted by Crippen LogP contribution is 2.19. The van der Waals surface area contributed by atoms with Crippen molar-refractivity contribution >= 4 is 11.3 Å². The van der Waals surface area contributed by atoms with Gasteiger partial charge < -0.3 is 5.32 Å². The molecule has 16 heavy (non-hydrogen) atoms. The van der Waals surface area contributed by atoms with Crippen LogP contribution in [-0.4, -0.2) is 4.98 Å². The van der Waals surface area contributed by atoms with Gasteiger partial charge in [0.1, 0.15) is 5.01 Å². The predicted octanol–water partition coefficient (Wildman–Crippen LogP) is 3.38. The van der Waals surface area contributed by atoms with E-state index in [1.807, 2.05) is 17.6 Å². The molecule has 1 N–H and O–H groups in total. The molecule has 2 rings (SSSR count). The van der Waals surface area contributed by atoms with Crippen molar-refractivity contribution in [1.82, 2.24) is 10.3 Å². The largest absolute Gasteiger partial charge is 0.304 e. The Balaban J connectivity index is 1.94. The van der Waals surface area contributed by atoms with Gasteiger partial charge >= 0.3 is 0 Å². The van der Waals surface area contributed by atoms with Gasteiger partial charge in [-0.1, -0.05) is 37.3 Å². The van der Waals surface area contributed by atoms with Crippen LogP contribution in [0.1, 0.15) is 30.0 Å². The van der Waals surface area contributed by atoms with Gasteiger partial charge in [0.15, 0.2) is 0 Å². The lowest BCUT2D eigenvalue weighted by Gasteiger charge is -2.14. The summed E-state index contributed by atoms with van der Waals surface area (Å²) in [7, 11) is 0. The van der Waals surface area contributed by atoms with Crippen molar-refractivity contribution in [3.8, 4) is 0 Å². The molecular weight excluding hydrogens is 216 g/mol. The third-order valence-electron chi connectivity index (χ3n) is 2.55. The van der Waals surface area contributed by atoms with Gasteiger partial charge in [-0.25, -0.2) is 4.98 Å². The fourth-order valence-corrected chi connectivity index (χ4v) is 2.45. The molecule has 3 heteroatoms. The standard InChI is InChI=1S/C13H16N2S/c1-2-12(13-14-8-9-16-13)15-10-11-6-4-3-5-7-11/h3-9,12,15H,2,10H2,1H3. The van der Waals surface area contributed by atoms with E-state index in [9.17, 15) is 0 Å². The predicted molar refractivity (Wildman–Crippen MR) is 68.4 cm³/mol. The third kappa shape index (κ3) is 2.90. The molecule has 0 aliphatic carbocycles. The highest BCUT2D eigenvalue weighted by atomic mass is 32.1. The molecule has 0 saturated carbocycles. The molecule has 1 unspecified atom stereocenters. The number of hydrogen-bond donors (Lipinski definition) is 1. The summed E-state index contributed by atoms with van der Waals surface area (Å²) in [4.78, 5) is 4.36. The van der Waals surface area contributed by atoms with Crippen molar-refractivity contribution in [3.05, 3.63) is 52.5 Å². The first-order chi connectivity index (χ1) is 7.90. The molecule has 0 radical (unpaired) electrons. The Hall–Kier alpha value is -1.19. The number of hydrogen-bond acceptors (Lipinski definition) is 3. The molecule has 1 heterocycles. The fraction of sp³-hybridized carbons (Fsp3) is 0.308. The minimum absolute atomic E-state index is 0.375. The van der Waals surface area contributed by atoms with E-state index in [0.717, 1.165) is 13.0 Å². The molecule has 1 aromatic carbocycles. The van der Waals surface area contributed by atoms with E-state index >= 15 is 0 Å². The summed E-state index contributed by atoms with van der Waals surface area (Å²) >= 11 is 1.72. The summed E-state index contributed by atoms with van der Waals surface area (Å²) < 4.78 is 0. The molecule has 0 saturated heterocycles. The van der Waals surface area contributed by atoms with Crippen LogP contribution in [0.15, 0.2) is 41.9 Å². The van der Waals surface area contributed by atoms with Crippen molar-refractivity contribution in [2.45, 2.75) is 25.9 Å². The lowest BCUT2D eigenvalue weighted by molar-refractivity contribution is 0.516. The van der Waals surface area contributed by atoms with Gasteiger partial charge in [-0.15, -0.1) is 11.3 Å². The maximum Gasteiger partial charge on any atom is 0.109 e. The Labute approximate surface area is 100 Å². The Morgan fingerprint density at radius 2 is 2.12 bits per heavy atom. The van der Waals surface area contributed by atoms with Crippen molar-refractivity contribution in [2.75, 3.05) is 0 Å². The maximum absolute atomic E-state index is 4.36. The second-order valence-corrected chi connectivity index (χ2v) is 4.62. The lowest BCUT2D eigenvalue weighted by atomic mass is 10.2. The van der Waals surface area contributed by atoms with E-state index in [4.69, 9.17) is 0 Å². The second-order valence-electron chi connectivity index (χ2n) is 3.70. The number of nitrogens with zero attached hydrogens (tertiary/aromatic N) is 1. The van der Waals surface area contributed by atoms with Crippen LogP contribution in [-0.2, 0) is 6.54 Å². The summed E-state index contributed by atoms with van der Waals surface area (Å²) in [5, 5.41) is 6.75.